The van der Waals surface area contributed by atoms with Crippen LogP contribution in [0.3, 0.4) is 0 Å². The quantitative estimate of drug-likeness (QED) is 0.906. The number of aryl methyl sites for hydroxylation is 1. The molecule has 0 aliphatic heterocycles. The average molecular weight is 260 g/mol. The van der Waals surface area contributed by atoms with E-state index in [1.807, 2.05) is 25.1 Å². The van der Waals surface area contributed by atoms with Crippen molar-refractivity contribution in [3.8, 4) is 5.75 Å². The van der Waals surface area contributed by atoms with E-state index in [1.165, 1.54) is 12.1 Å². The molecule has 1 atom stereocenters. The summed E-state index contributed by atoms with van der Waals surface area (Å²) in [5.41, 5.74) is 2.55. The predicted octanol–water partition coefficient (Wildman–Crippen LogP) is 3.77. The van der Waals surface area contributed by atoms with Gasteiger partial charge in [0.2, 0.25) is 0 Å². The van der Waals surface area contributed by atoms with Crippen LogP contribution in [0.5, 0.6) is 5.75 Å². The summed E-state index contributed by atoms with van der Waals surface area (Å²) in [7, 11) is 0. The molecule has 0 heterocycles. The highest BCUT2D eigenvalue weighted by molar-refractivity contribution is 5.38. The molecule has 0 unspecified atom stereocenters. The first-order valence-electron chi connectivity index (χ1n) is 6.22. The smallest absolute Gasteiger partial charge is 0.125 e. The van der Waals surface area contributed by atoms with Crippen LogP contribution in [0.15, 0.2) is 42.5 Å². The van der Waals surface area contributed by atoms with Crippen molar-refractivity contribution in [2.24, 2.45) is 0 Å². The summed E-state index contributed by atoms with van der Waals surface area (Å²) in [4.78, 5) is 0. The Kier molecular flexibility index (Phi) is 4.17. The third kappa shape index (κ3) is 3.55. The molecule has 2 aromatic carbocycles. The van der Waals surface area contributed by atoms with Crippen molar-refractivity contribution in [3.05, 3.63) is 65.0 Å². The number of hydrogen-bond acceptors (Lipinski definition) is 2. The molecule has 1 N–H and O–H groups in total. The van der Waals surface area contributed by atoms with Gasteiger partial charge in [-0.1, -0.05) is 24.3 Å². The number of aliphatic hydroxyl groups excluding tert-OH is 1. The van der Waals surface area contributed by atoms with Gasteiger partial charge in [0.25, 0.3) is 0 Å². The average Bonchev–Trinajstić information content (AvgIpc) is 2.36. The molecule has 2 rings (SSSR count). The zero-order valence-corrected chi connectivity index (χ0v) is 11.1. The predicted molar refractivity (Wildman–Crippen MR) is 72.5 cm³/mol. The lowest BCUT2D eigenvalue weighted by Crippen LogP contribution is -2.01. The Labute approximate surface area is 112 Å². The maximum absolute atomic E-state index is 13.1. The van der Waals surface area contributed by atoms with Crippen LogP contribution in [0, 0.1) is 12.7 Å². The Hall–Kier alpha value is -1.87. The van der Waals surface area contributed by atoms with Crippen molar-refractivity contribution in [1.29, 1.82) is 0 Å². The first-order valence-corrected chi connectivity index (χ1v) is 6.22. The summed E-state index contributed by atoms with van der Waals surface area (Å²) in [5.74, 6) is 0.361. The van der Waals surface area contributed by atoms with Gasteiger partial charge in [-0.3, -0.25) is 0 Å². The van der Waals surface area contributed by atoms with E-state index in [-0.39, 0.29) is 12.4 Å². The van der Waals surface area contributed by atoms with Crippen molar-refractivity contribution in [2.45, 2.75) is 26.6 Å². The Morgan fingerprint density at radius 3 is 2.68 bits per heavy atom. The van der Waals surface area contributed by atoms with Crippen molar-refractivity contribution < 1.29 is 14.2 Å². The van der Waals surface area contributed by atoms with Crippen LogP contribution < -0.4 is 4.74 Å². The minimum absolute atomic E-state index is 0.277. The summed E-state index contributed by atoms with van der Waals surface area (Å²) in [6, 6.07) is 12.0. The normalized spacial score (nSPS) is 12.2. The van der Waals surface area contributed by atoms with Gasteiger partial charge in [0.05, 0.1) is 6.10 Å². The Morgan fingerprint density at radius 1 is 1.21 bits per heavy atom. The molecule has 19 heavy (non-hydrogen) atoms. The lowest BCUT2D eigenvalue weighted by molar-refractivity contribution is 0.190. The van der Waals surface area contributed by atoms with Gasteiger partial charge in [-0.25, -0.2) is 4.39 Å². The molecule has 2 aromatic rings. The molecule has 100 valence electrons. The fraction of sp³-hybridized carbons (Fsp3) is 0.250. The highest BCUT2D eigenvalue weighted by atomic mass is 19.1. The van der Waals surface area contributed by atoms with E-state index in [1.54, 1.807) is 19.1 Å². The van der Waals surface area contributed by atoms with Crippen molar-refractivity contribution in [1.82, 2.24) is 0 Å². The molecule has 0 saturated heterocycles. The van der Waals surface area contributed by atoms with Crippen LogP contribution in [0.25, 0.3) is 0 Å². The molecule has 0 spiro atoms. The summed E-state index contributed by atoms with van der Waals surface area (Å²) >= 11 is 0. The standard InChI is InChI=1S/C16H17FO2/c1-11-6-7-15(12(2)18)16(8-11)19-10-13-4-3-5-14(17)9-13/h3-9,12,18H,10H2,1-2H3/t12-/m0/s1. The van der Waals surface area contributed by atoms with E-state index in [0.29, 0.717) is 5.75 Å². The lowest BCUT2D eigenvalue weighted by atomic mass is 10.1. The van der Waals surface area contributed by atoms with Gasteiger partial charge in [0.1, 0.15) is 18.2 Å². The Balaban J connectivity index is 2.17. The monoisotopic (exact) mass is 260 g/mol. The van der Waals surface area contributed by atoms with Gasteiger partial charge in [0.15, 0.2) is 0 Å². The molecular formula is C16H17FO2. The van der Waals surface area contributed by atoms with Crippen LogP contribution in [0.1, 0.15) is 29.7 Å². The van der Waals surface area contributed by atoms with Gasteiger partial charge < -0.3 is 9.84 Å². The number of hydrogen-bond donors (Lipinski definition) is 1. The van der Waals surface area contributed by atoms with E-state index in [2.05, 4.69) is 0 Å². The number of benzene rings is 2. The summed E-state index contributed by atoms with van der Waals surface area (Å²) in [5, 5.41) is 9.70. The second-order valence-corrected chi connectivity index (χ2v) is 4.64. The third-order valence-electron chi connectivity index (χ3n) is 2.90. The van der Waals surface area contributed by atoms with Crippen molar-refractivity contribution >= 4 is 0 Å². The molecule has 3 heteroatoms. The molecule has 0 radical (unpaired) electrons. The molecule has 0 bridgehead atoms. The molecule has 0 aliphatic rings. The number of halogens is 1. The second kappa shape index (κ2) is 5.85. The Bertz CT molecular complexity index is 564. The Morgan fingerprint density at radius 2 is 2.00 bits per heavy atom. The van der Waals surface area contributed by atoms with Crippen LogP contribution in [0.2, 0.25) is 0 Å². The molecule has 0 saturated carbocycles. The van der Waals surface area contributed by atoms with E-state index in [4.69, 9.17) is 4.74 Å². The maximum atomic E-state index is 13.1. The highest BCUT2D eigenvalue weighted by Gasteiger charge is 2.09. The van der Waals surface area contributed by atoms with Crippen molar-refractivity contribution in [3.63, 3.8) is 0 Å². The minimum Gasteiger partial charge on any atom is -0.489 e. The highest BCUT2D eigenvalue weighted by Crippen LogP contribution is 2.27. The summed E-state index contributed by atoms with van der Waals surface area (Å²) < 4.78 is 18.8. The van der Waals surface area contributed by atoms with Gasteiger partial charge in [-0.05, 0) is 43.2 Å². The zero-order chi connectivity index (χ0) is 13.8. The van der Waals surface area contributed by atoms with Gasteiger partial charge in [-0.2, -0.15) is 0 Å². The van der Waals surface area contributed by atoms with Crippen LogP contribution in [-0.4, -0.2) is 5.11 Å². The van der Waals surface area contributed by atoms with E-state index >= 15 is 0 Å². The zero-order valence-electron chi connectivity index (χ0n) is 11.1. The first-order chi connectivity index (χ1) is 9.06. The maximum Gasteiger partial charge on any atom is 0.125 e. The summed E-state index contributed by atoms with van der Waals surface area (Å²) in [6.07, 6.45) is -0.594. The molecular weight excluding hydrogens is 243 g/mol. The number of rotatable bonds is 4. The molecule has 0 aliphatic carbocycles. The van der Waals surface area contributed by atoms with Crippen LogP contribution in [0.4, 0.5) is 4.39 Å². The van der Waals surface area contributed by atoms with Crippen LogP contribution >= 0.6 is 0 Å². The topological polar surface area (TPSA) is 29.5 Å². The van der Waals surface area contributed by atoms with E-state index in [0.717, 1.165) is 16.7 Å². The van der Waals surface area contributed by atoms with Gasteiger partial charge >= 0.3 is 0 Å². The fourth-order valence-electron chi connectivity index (χ4n) is 1.90. The van der Waals surface area contributed by atoms with Crippen molar-refractivity contribution in [2.75, 3.05) is 0 Å². The molecule has 0 aromatic heterocycles. The van der Waals surface area contributed by atoms with Crippen LogP contribution in [-0.2, 0) is 6.61 Å². The third-order valence-corrected chi connectivity index (χ3v) is 2.90. The van der Waals surface area contributed by atoms with E-state index < -0.39 is 6.10 Å². The second-order valence-electron chi connectivity index (χ2n) is 4.64. The summed E-state index contributed by atoms with van der Waals surface area (Å²) in [6.45, 7) is 3.93. The lowest BCUT2D eigenvalue weighted by Gasteiger charge is -2.14. The van der Waals surface area contributed by atoms with Gasteiger partial charge in [-0.15, -0.1) is 0 Å². The molecule has 0 amide bonds. The molecule has 0 fully saturated rings. The van der Waals surface area contributed by atoms with E-state index in [9.17, 15) is 9.50 Å². The fourth-order valence-corrected chi connectivity index (χ4v) is 1.90. The largest absolute Gasteiger partial charge is 0.489 e. The minimum atomic E-state index is -0.594. The first kappa shape index (κ1) is 13.6. The van der Waals surface area contributed by atoms with Gasteiger partial charge in [0, 0.05) is 5.56 Å². The number of ether oxygens (including phenoxy) is 1. The SMILES string of the molecule is Cc1ccc([C@H](C)O)c(OCc2cccc(F)c2)c1. The number of aliphatic hydroxyl groups is 1. The molecule has 2 nitrogen and oxygen atoms in total.